The molecule has 0 bridgehead atoms. The van der Waals surface area contributed by atoms with Gasteiger partial charge >= 0.3 is 5.97 Å². The third-order valence-corrected chi connectivity index (χ3v) is 5.68. The second-order valence-corrected chi connectivity index (χ2v) is 8.10. The van der Waals surface area contributed by atoms with Gasteiger partial charge in [-0.15, -0.1) is 0 Å². The molecule has 172 valence electrons. The lowest BCUT2D eigenvalue weighted by atomic mass is 10.1. The SMILES string of the molecule is COC(=O)c1ccc2c(c1)c(C(=O)C(=O)Nc1c(Cl)cncc1Cl)cn2Cc1ccc(F)cc1. The second kappa shape index (κ2) is 9.62. The van der Waals surface area contributed by atoms with Crippen molar-refractivity contribution in [3.63, 3.8) is 0 Å². The summed E-state index contributed by atoms with van der Waals surface area (Å²) in [7, 11) is 1.24. The number of methoxy groups -OCH3 is 1. The van der Waals surface area contributed by atoms with Crippen LogP contribution < -0.4 is 5.32 Å². The van der Waals surface area contributed by atoms with Gasteiger partial charge < -0.3 is 14.6 Å². The maximum atomic E-state index is 13.3. The summed E-state index contributed by atoms with van der Waals surface area (Å²) in [5.74, 6) is -2.80. The summed E-state index contributed by atoms with van der Waals surface area (Å²) in [6.07, 6.45) is 4.07. The molecule has 4 aromatic rings. The van der Waals surface area contributed by atoms with E-state index < -0.39 is 17.7 Å². The minimum Gasteiger partial charge on any atom is -0.465 e. The predicted molar refractivity (Wildman–Crippen MR) is 126 cm³/mol. The van der Waals surface area contributed by atoms with Crippen LogP contribution >= 0.6 is 23.2 Å². The lowest BCUT2D eigenvalue weighted by molar-refractivity contribution is -0.112. The topological polar surface area (TPSA) is 90.3 Å². The van der Waals surface area contributed by atoms with E-state index in [1.165, 1.54) is 43.9 Å². The van der Waals surface area contributed by atoms with Crippen LogP contribution in [-0.2, 0) is 16.1 Å². The van der Waals surface area contributed by atoms with Crippen LogP contribution in [0.3, 0.4) is 0 Å². The number of anilines is 1. The molecule has 4 rings (SSSR count). The highest BCUT2D eigenvalue weighted by Crippen LogP contribution is 2.30. The molecule has 0 spiro atoms. The normalized spacial score (nSPS) is 10.8. The number of esters is 1. The summed E-state index contributed by atoms with van der Waals surface area (Å²) in [5.41, 5.74) is 1.69. The number of carbonyl (C=O) groups is 3. The maximum absolute atomic E-state index is 13.3. The monoisotopic (exact) mass is 499 g/mol. The Bertz CT molecular complexity index is 1410. The van der Waals surface area contributed by atoms with Crippen LogP contribution in [-0.4, -0.2) is 34.3 Å². The number of rotatable bonds is 6. The minimum absolute atomic E-state index is 0.0571. The first-order valence-electron chi connectivity index (χ1n) is 9.89. The maximum Gasteiger partial charge on any atom is 0.337 e. The zero-order chi connectivity index (χ0) is 24.4. The van der Waals surface area contributed by atoms with Gasteiger partial charge in [0.1, 0.15) is 5.82 Å². The molecule has 0 unspecified atom stereocenters. The van der Waals surface area contributed by atoms with E-state index in [-0.39, 0.29) is 32.7 Å². The number of Topliss-reactive ketones (excluding diaryl/α,β-unsaturated/α-hetero) is 1. The number of fused-ring (bicyclic) bond motifs is 1. The number of nitrogens with one attached hydrogen (secondary N) is 1. The first kappa shape index (κ1) is 23.4. The number of ether oxygens (including phenoxy) is 1. The van der Waals surface area contributed by atoms with Gasteiger partial charge in [0.25, 0.3) is 11.7 Å². The van der Waals surface area contributed by atoms with E-state index in [1.54, 1.807) is 28.8 Å². The van der Waals surface area contributed by atoms with Crippen molar-refractivity contribution < 1.29 is 23.5 Å². The molecule has 2 aromatic heterocycles. The Morgan fingerprint density at radius 3 is 2.38 bits per heavy atom. The highest BCUT2D eigenvalue weighted by molar-refractivity contribution is 6.50. The predicted octanol–water partition coefficient (Wildman–Crippen LogP) is 5.14. The lowest BCUT2D eigenvalue weighted by Gasteiger charge is -2.07. The van der Waals surface area contributed by atoms with E-state index in [2.05, 4.69) is 10.3 Å². The summed E-state index contributed by atoms with van der Waals surface area (Å²) in [4.78, 5) is 41.8. The van der Waals surface area contributed by atoms with Crippen molar-refractivity contribution in [1.82, 2.24) is 9.55 Å². The molecule has 2 heterocycles. The van der Waals surface area contributed by atoms with Crippen molar-refractivity contribution >= 4 is 57.5 Å². The molecule has 0 atom stereocenters. The third-order valence-electron chi connectivity index (χ3n) is 5.11. The molecule has 0 aliphatic rings. The smallest absolute Gasteiger partial charge is 0.337 e. The minimum atomic E-state index is -0.973. The van der Waals surface area contributed by atoms with Crippen LogP contribution in [0.1, 0.15) is 26.3 Å². The molecule has 1 N–H and O–H groups in total. The van der Waals surface area contributed by atoms with Gasteiger partial charge in [-0.1, -0.05) is 35.3 Å². The second-order valence-electron chi connectivity index (χ2n) is 7.28. The summed E-state index contributed by atoms with van der Waals surface area (Å²) >= 11 is 12.1. The molecular formula is C24H16Cl2FN3O4. The number of hydrogen-bond acceptors (Lipinski definition) is 5. The standard InChI is InChI=1S/C24H16Cl2FN3O4/c1-34-24(33)14-4-7-20-16(8-14)17(12-30(20)11-13-2-5-15(27)6-3-13)22(31)23(32)29-21-18(25)9-28-10-19(21)26/h2-10,12H,11H2,1H3,(H,28,29,32). The zero-order valence-electron chi connectivity index (χ0n) is 17.6. The Hall–Kier alpha value is -3.75. The lowest BCUT2D eigenvalue weighted by Crippen LogP contribution is -2.23. The molecule has 0 saturated carbocycles. The molecule has 0 radical (unpaired) electrons. The van der Waals surface area contributed by atoms with E-state index in [0.29, 0.717) is 17.4 Å². The number of pyridine rings is 1. The van der Waals surface area contributed by atoms with Gasteiger partial charge in [0, 0.05) is 36.0 Å². The van der Waals surface area contributed by atoms with Crippen LogP contribution in [0.25, 0.3) is 10.9 Å². The average molecular weight is 500 g/mol. The number of ketones is 1. The third kappa shape index (κ3) is 4.64. The van der Waals surface area contributed by atoms with Gasteiger partial charge in [-0.3, -0.25) is 14.6 Å². The van der Waals surface area contributed by atoms with Gasteiger partial charge in [0.15, 0.2) is 0 Å². The van der Waals surface area contributed by atoms with Crippen molar-refractivity contribution in [3.05, 3.63) is 93.6 Å². The van der Waals surface area contributed by atoms with Gasteiger partial charge in [0.05, 0.1) is 34.0 Å². The number of hydrogen-bond donors (Lipinski definition) is 1. The van der Waals surface area contributed by atoms with Gasteiger partial charge in [-0.2, -0.15) is 0 Å². The molecule has 10 heteroatoms. The molecular weight excluding hydrogens is 484 g/mol. The van der Waals surface area contributed by atoms with Gasteiger partial charge in [-0.25, -0.2) is 9.18 Å². The van der Waals surface area contributed by atoms with Crippen molar-refractivity contribution in [1.29, 1.82) is 0 Å². The van der Waals surface area contributed by atoms with Gasteiger partial charge in [0.2, 0.25) is 0 Å². The Labute approximate surface area is 203 Å². The summed E-state index contributed by atoms with van der Waals surface area (Å²) < 4.78 is 19.8. The zero-order valence-corrected chi connectivity index (χ0v) is 19.2. The largest absolute Gasteiger partial charge is 0.465 e. The number of carbonyl (C=O) groups excluding carboxylic acids is 3. The highest BCUT2D eigenvalue weighted by atomic mass is 35.5. The summed E-state index contributed by atoms with van der Waals surface area (Å²) in [6.45, 7) is 0.297. The van der Waals surface area contributed by atoms with Crippen LogP contribution in [0.5, 0.6) is 0 Å². The van der Waals surface area contributed by atoms with Crippen molar-refractivity contribution in [3.8, 4) is 0 Å². The number of halogens is 3. The summed E-state index contributed by atoms with van der Waals surface area (Å²) in [6, 6.07) is 10.6. The van der Waals surface area contributed by atoms with Crippen LogP contribution in [0.4, 0.5) is 10.1 Å². The van der Waals surface area contributed by atoms with Crippen molar-refractivity contribution in [2.24, 2.45) is 0 Å². The Morgan fingerprint density at radius 1 is 1.06 bits per heavy atom. The summed E-state index contributed by atoms with van der Waals surface area (Å²) in [5, 5.41) is 2.93. The molecule has 0 fully saturated rings. The molecule has 7 nitrogen and oxygen atoms in total. The van der Waals surface area contributed by atoms with E-state index in [9.17, 15) is 18.8 Å². The molecule has 1 amide bonds. The highest BCUT2D eigenvalue weighted by Gasteiger charge is 2.24. The molecule has 0 saturated heterocycles. The quantitative estimate of drug-likeness (QED) is 0.225. The van der Waals surface area contributed by atoms with E-state index in [4.69, 9.17) is 27.9 Å². The van der Waals surface area contributed by atoms with Crippen LogP contribution in [0, 0.1) is 5.82 Å². The van der Waals surface area contributed by atoms with E-state index >= 15 is 0 Å². The van der Waals surface area contributed by atoms with E-state index in [1.807, 2.05) is 0 Å². The van der Waals surface area contributed by atoms with Gasteiger partial charge in [-0.05, 0) is 35.9 Å². The fraction of sp³-hybridized carbons (Fsp3) is 0.0833. The fourth-order valence-electron chi connectivity index (χ4n) is 3.46. The Balaban J connectivity index is 1.76. The molecule has 0 aliphatic carbocycles. The number of benzene rings is 2. The molecule has 0 aliphatic heterocycles. The molecule has 2 aromatic carbocycles. The molecule has 34 heavy (non-hydrogen) atoms. The number of nitrogens with zero attached hydrogens (tertiary/aromatic N) is 2. The fourth-order valence-corrected chi connectivity index (χ4v) is 3.92. The number of aromatic nitrogens is 2. The Morgan fingerprint density at radius 2 is 1.74 bits per heavy atom. The first-order chi connectivity index (χ1) is 16.3. The van der Waals surface area contributed by atoms with Crippen LogP contribution in [0.2, 0.25) is 10.0 Å². The van der Waals surface area contributed by atoms with E-state index in [0.717, 1.165) is 5.56 Å². The van der Waals surface area contributed by atoms with Crippen molar-refractivity contribution in [2.45, 2.75) is 6.54 Å². The van der Waals surface area contributed by atoms with Crippen molar-refractivity contribution in [2.75, 3.05) is 12.4 Å². The Kier molecular flexibility index (Phi) is 6.63. The number of amides is 1. The average Bonchev–Trinajstić information content (AvgIpc) is 3.19. The van der Waals surface area contributed by atoms with Crippen LogP contribution in [0.15, 0.2) is 61.1 Å². The first-order valence-corrected chi connectivity index (χ1v) is 10.6.